The van der Waals surface area contributed by atoms with Gasteiger partial charge in [-0.2, -0.15) is 20.5 Å². The Hall–Kier alpha value is -3.54. The van der Waals surface area contributed by atoms with Crippen molar-refractivity contribution in [1.29, 1.82) is 0 Å². The summed E-state index contributed by atoms with van der Waals surface area (Å²) in [5, 5.41) is 30.3. The van der Waals surface area contributed by atoms with Crippen LogP contribution in [0.2, 0.25) is 0 Å². The first kappa shape index (κ1) is 21.7. The number of hydroxylamine groups is 1. The molecule has 32 heavy (non-hydrogen) atoms. The predicted octanol–water partition coefficient (Wildman–Crippen LogP) is 1.91. The minimum Gasteiger partial charge on any atom is -0.409 e. The Kier molecular flexibility index (Phi) is 6.04. The summed E-state index contributed by atoms with van der Waals surface area (Å²) in [6.45, 7) is 5.54. The second-order valence-electron chi connectivity index (χ2n) is 8.14. The number of nitrogens with zero attached hydrogens (tertiary/aromatic N) is 6. The Morgan fingerprint density at radius 2 is 1.91 bits per heavy atom. The zero-order valence-electron chi connectivity index (χ0n) is 18.0. The van der Waals surface area contributed by atoms with Gasteiger partial charge in [-0.05, 0) is 48.2 Å². The Morgan fingerprint density at radius 3 is 2.62 bits per heavy atom. The topological polar surface area (TPSA) is 165 Å². The summed E-state index contributed by atoms with van der Waals surface area (Å²) in [4.78, 5) is 6.40. The fourth-order valence-corrected chi connectivity index (χ4v) is 3.60. The first-order chi connectivity index (χ1) is 15.4. The summed E-state index contributed by atoms with van der Waals surface area (Å²) in [6, 6.07) is 11.0. The van der Waals surface area contributed by atoms with Crippen LogP contribution in [0.15, 0.2) is 41.6 Å². The lowest BCUT2D eigenvalue weighted by Gasteiger charge is -2.11. The molecule has 4 aromatic rings. The lowest BCUT2D eigenvalue weighted by atomic mass is 10.1. The van der Waals surface area contributed by atoms with Gasteiger partial charge in [0.2, 0.25) is 0 Å². The van der Waals surface area contributed by atoms with Crippen LogP contribution < -0.4 is 16.9 Å². The summed E-state index contributed by atoms with van der Waals surface area (Å²) in [6.07, 6.45) is 0.290. The lowest BCUT2D eigenvalue weighted by molar-refractivity contribution is 0.128. The van der Waals surface area contributed by atoms with Crippen LogP contribution >= 0.6 is 0 Å². The van der Waals surface area contributed by atoms with Gasteiger partial charge in [-0.25, -0.2) is 4.98 Å². The van der Waals surface area contributed by atoms with E-state index in [0.29, 0.717) is 29.1 Å². The molecule has 0 fully saturated rings. The summed E-state index contributed by atoms with van der Waals surface area (Å²) in [5.41, 5.74) is 18.0. The van der Waals surface area contributed by atoms with Crippen molar-refractivity contribution in [1.82, 2.24) is 30.0 Å². The summed E-state index contributed by atoms with van der Waals surface area (Å²) < 4.78 is 2.16. The Balaban J connectivity index is 1.72. The van der Waals surface area contributed by atoms with Crippen molar-refractivity contribution in [2.45, 2.75) is 39.5 Å². The number of oxime groups is 1. The highest BCUT2D eigenvalue weighted by Gasteiger charge is 2.15. The Labute approximate surface area is 184 Å². The summed E-state index contributed by atoms with van der Waals surface area (Å²) in [7, 11) is 0. The van der Waals surface area contributed by atoms with Gasteiger partial charge in [0.25, 0.3) is 0 Å². The summed E-state index contributed by atoms with van der Waals surface area (Å²) >= 11 is 0. The molecule has 0 aliphatic rings. The molecule has 7 N–H and O–H groups in total. The van der Waals surface area contributed by atoms with Crippen LogP contribution in [0.5, 0.6) is 0 Å². The monoisotopic (exact) mass is 437 g/mol. The highest BCUT2D eigenvalue weighted by molar-refractivity contribution is 5.99. The van der Waals surface area contributed by atoms with E-state index >= 15 is 0 Å². The third-order valence-electron chi connectivity index (χ3n) is 5.39. The average molecular weight is 438 g/mol. The molecule has 4 rings (SSSR count). The quantitative estimate of drug-likeness (QED) is 0.0916. The van der Waals surface area contributed by atoms with E-state index in [-0.39, 0.29) is 5.84 Å². The second-order valence-corrected chi connectivity index (χ2v) is 8.14. The molecule has 11 heteroatoms. The second kappa shape index (κ2) is 8.91. The largest absolute Gasteiger partial charge is 0.409 e. The van der Waals surface area contributed by atoms with Crippen molar-refractivity contribution in [2.75, 3.05) is 0 Å². The molecule has 0 aliphatic carbocycles. The maximum atomic E-state index is 9.06. The van der Waals surface area contributed by atoms with E-state index in [0.717, 1.165) is 35.3 Å². The number of amidine groups is 1. The molecule has 0 radical (unpaired) electrons. The standard InChI is InChI=1S/C21H27N9O2/c1-12(2)7-8-29-18-6-4-14(21(23)28-32)10-17(18)24-19(29)11-30-25-15-5-3-13(20(22)27-31)9-16(15)26-30/h3-6,9-10,12,20,27,31-32H,7-8,11,22H2,1-2H3,(H2,23,28). The molecule has 168 valence electrons. The van der Waals surface area contributed by atoms with E-state index in [4.69, 9.17) is 26.9 Å². The molecule has 0 amide bonds. The van der Waals surface area contributed by atoms with Crippen LogP contribution in [0.4, 0.5) is 0 Å². The fraction of sp³-hybridized carbons (Fsp3) is 0.333. The average Bonchev–Trinajstić information content (AvgIpc) is 3.35. The van der Waals surface area contributed by atoms with Gasteiger partial charge in [0.05, 0.1) is 11.0 Å². The molecular formula is C21H27N9O2. The number of hydrogen-bond donors (Lipinski definition) is 5. The number of benzene rings is 2. The summed E-state index contributed by atoms with van der Waals surface area (Å²) in [5.74, 6) is 1.38. The molecule has 0 spiro atoms. The van der Waals surface area contributed by atoms with E-state index in [2.05, 4.69) is 33.8 Å². The molecular weight excluding hydrogens is 410 g/mol. The number of rotatable bonds is 8. The fourth-order valence-electron chi connectivity index (χ4n) is 3.60. The van der Waals surface area contributed by atoms with Crippen LogP contribution in [0.1, 0.15) is 43.4 Å². The van der Waals surface area contributed by atoms with Gasteiger partial charge in [0.1, 0.15) is 29.6 Å². The van der Waals surface area contributed by atoms with Crippen molar-refractivity contribution >= 4 is 27.9 Å². The van der Waals surface area contributed by atoms with E-state index in [1.165, 1.54) is 0 Å². The smallest absolute Gasteiger partial charge is 0.170 e. The number of aryl methyl sites for hydroxylation is 1. The van der Waals surface area contributed by atoms with Crippen molar-refractivity contribution in [3.8, 4) is 0 Å². The first-order valence-electron chi connectivity index (χ1n) is 10.4. The minimum absolute atomic E-state index is 0.0385. The van der Waals surface area contributed by atoms with Crippen LogP contribution in [-0.4, -0.2) is 40.8 Å². The number of hydrogen-bond acceptors (Lipinski definition) is 8. The van der Waals surface area contributed by atoms with Crippen molar-refractivity contribution in [3.63, 3.8) is 0 Å². The third kappa shape index (κ3) is 4.26. The predicted molar refractivity (Wildman–Crippen MR) is 120 cm³/mol. The molecule has 0 bridgehead atoms. The van der Waals surface area contributed by atoms with Crippen LogP contribution in [0.25, 0.3) is 22.1 Å². The Morgan fingerprint density at radius 1 is 1.12 bits per heavy atom. The van der Waals surface area contributed by atoms with Crippen LogP contribution in [0, 0.1) is 5.92 Å². The molecule has 0 saturated heterocycles. The van der Waals surface area contributed by atoms with Gasteiger partial charge in [-0.3, -0.25) is 0 Å². The number of aromatic nitrogens is 5. The van der Waals surface area contributed by atoms with E-state index in [9.17, 15) is 0 Å². The van der Waals surface area contributed by atoms with Gasteiger partial charge in [0.15, 0.2) is 5.84 Å². The Bertz CT molecular complexity index is 1280. The highest BCUT2D eigenvalue weighted by Crippen LogP contribution is 2.21. The van der Waals surface area contributed by atoms with Crippen LogP contribution in [-0.2, 0) is 13.1 Å². The zero-order valence-corrected chi connectivity index (χ0v) is 18.0. The first-order valence-corrected chi connectivity index (χ1v) is 10.4. The molecule has 0 aliphatic heterocycles. The SMILES string of the molecule is CC(C)CCn1c(Cn2nc3ccc(C(N)NO)cc3n2)nc2cc(/C(N)=N/O)ccc21. The third-order valence-corrected chi connectivity index (χ3v) is 5.39. The molecule has 2 aromatic carbocycles. The number of nitrogens with one attached hydrogen (secondary N) is 1. The van der Waals surface area contributed by atoms with E-state index in [1.54, 1.807) is 16.9 Å². The molecule has 2 aromatic heterocycles. The van der Waals surface area contributed by atoms with E-state index in [1.807, 2.05) is 29.7 Å². The van der Waals surface area contributed by atoms with Crippen molar-refractivity contribution in [2.24, 2.45) is 22.5 Å². The minimum atomic E-state index is -0.700. The van der Waals surface area contributed by atoms with Gasteiger partial charge >= 0.3 is 0 Å². The molecule has 2 heterocycles. The molecule has 1 unspecified atom stereocenters. The maximum absolute atomic E-state index is 9.06. The molecule has 1 atom stereocenters. The van der Waals surface area contributed by atoms with Crippen molar-refractivity contribution in [3.05, 3.63) is 53.3 Å². The van der Waals surface area contributed by atoms with Gasteiger partial charge < -0.3 is 26.4 Å². The van der Waals surface area contributed by atoms with E-state index < -0.39 is 6.17 Å². The van der Waals surface area contributed by atoms with Gasteiger partial charge in [-0.1, -0.05) is 25.1 Å². The van der Waals surface area contributed by atoms with Crippen LogP contribution in [0.3, 0.4) is 0 Å². The molecule has 11 nitrogen and oxygen atoms in total. The normalized spacial score (nSPS) is 13.5. The van der Waals surface area contributed by atoms with Gasteiger partial charge in [0, 0.05) is 12.1 Å². The maximum Gasteiger partial charge on any atom is 0.170 e. The van der Waals surface area contributed by atoms with Crippen molar-refractivity contribution < 1.29 is 10.4 Å². The molecule has 0 saturated carbocycles. The number of imidazole rings is 1. The number of fused-ring (bicyclic) bond motifs is 2. The highest BCUT2D eigenvalue weighted by atomic mass is 16.5. The lowest BCUT2D eigenvalue weighted by Crippen LogP contribution is -2.25. The zero-order chi connectivity index (χ0) is 22.8. The van der Waals surface area contributed by atoms with Gasteiger partial charge in [-0.15, -0.1) is 0 Å². The number of nitrogens with two attached hydrogens (primary N) is 2.